The third-order valence-electron chi connectivity index (χ3n) is 4.99. The Hall–Kier alpha value is -3.58. The van der Waals surface area contributed by atoms with Gasteiger partial charge in [0.05, 0.1) is 18.4 Å². The molecule has 1 atom stereocenters. The second-order valence-electron chi connectivity index (χ2n) is 6.91. The number of phenols is 1. The molecule has 30 heavy (non-hydrogen) atoms. The van der Waals surface area contributed by atoms with Crippen LogP contribution in [0.4, 0.5) is 5.69 Å². The highest BCUT2D eigenvalue weighted by Gasteiger charge is 2.48. The number of benzene rings is 2. The maximum atomic E-state index is 13.0. The molecular weight excluding hydrogens is 402 g/mol. The van der Waals surface area contributed by atoms with Gasteiger partial charge in [-0.25, -0.2) is 0 Å². The fourth-order valence-electron chi connectivity index (χ4n) is 3.55. The quantitative estimate of drug-likeness (QED) is 0.370. The molecule has 6 nitrogen and oxygen atoms in total. The molecule has 1 saturated heterocycles. The van der Waals surface area contributed by atoms with Crippen LogP contribution in [0.25, 0.3) is 5.76 Å². The van der Waals surface area contributed by atoms with E-state index in [0.717, 1.165) is 5.56 Å². The molecule has 4 rings (SSSR count). The predicted octanol–water partition coefficient (Wildman–Crippen LogP) is 4.40. The number of amides is 1. The number of carbonyl (C=O) groups excluding carboxylic acids is 2. The molecular formula is C23H19NO5S. The van der Waals surface area contributed by atoms with Crippen LogP contribution >= 0.6 is 11.3 Å². The monoisotopic (exact) mass is 421 g/mol. The van der Waals surface area contributed by atoms with Crippen LogP contribution in [-0.4, -0.2) is 29.0 Å². The van der Waals surface area contributed by atoms with Crippen molar-refractivity contribution in [2.75, 3.05) is 12.0 Å². The van der Waals surface area contributed by atoms with Crippen LogP contribution in [-0.2, 0) is 9.59 Å². The van der Waals surface area contributed by atoms with Crippen LogP contribution in [0.15, 0.2) is 65.6 Å². The lowest BCUT2D eigenvalue weighted by molar-refractivity contribution is -0.132. The van der Waals surface area contributed by atoms with E-state index in [1.807, 2.05) is 18.4 Å². The second-order valence-corrected chi connectivity index (χ2v) is 7.89. The van der Waals surface area contributed by atoms with Gasteiger partial charge in [0.1, 0.15) is 23.3 Å². The minimum Gasteiger partial charge on any atom is -0.507 e. The van der Waals surface area contributed by atoms with Crippen molar-refractivity contribution in [1.82, 2.24) is 0 Å². The number of ketones is 1. The smallest absolute Gasteiger partial charge is 0.300 e. The first kappa shape index (κ1) is 19.7. The maximum absolute atomic E-state index is 13.0. The van der Waals surface area contributed by atoms with E-state index in [9.17, 15) is 19.8 Å². The van der Waals surface area contributed by atoms with Crippen LogP contribution < -0.4 is 9.64 Å². The lowest BCUT2D eigenvalue weighted by Gasteiger charge is -2.25. The highest BCUT2D eigenvalue weighted by Crippen LogP contribution is 2.46. The average Bonchev–Trinajstić information content (AvgIpc) is 3.37. The van der Waals surface area contributed by atoms with Crippen LogP contribution in [0.5, 0.6) is 11.5 Å². The molecule has 152 valence electrons. The Morgan fingerprint density at radius 2 is 1.90 bits per heavy atom. The summed E-state index contributed by atoms with van der Waals surface area (Å²) < 4.78 is 5.21. The molecule has 1 unspecified atom stereocenters. The van der Waals surface area contributed by atoms with Gasteiger partial charge in [0.15, 0.2) is 0 Å². The Balaban J connectivity index is 1.95. The van der Waals surface area contributed by atoms with E-state index < -0.39 is 17.7 Å². The first-order valence-electron chi connectivity index (χ1n) is 9.21. The Morgan fingerprint density at radius 1 is 1.10 bits per heavy atom. The lowest BCUT2D eigenvalue weighted by atomic mass is 9.99. The Bertz CT molecular complexity index is 1170. The zero-order chi connectivity index (χ0) is 21.4. The minimum atomic E-state index is -0.857. The number of aromatic hydroxyl groups is 1. The second kappa shape index (κ2) is 7.68. The molecule has 1 aromatic heterocycles. The summed E-state index contributed by atoms with van der Waals surface area (Å²) in [7, 11) is 1.50. The number of aryl methyl sites for hydroxylation is 1. The van der Waals surface area contributed by atoms with E-state index >= 15 is 0 Å². The van der Waals surface area contributed by atoms with Crippen LogP contribution in [0.1, 0.15) is 22.0 Å². The number of ether oxygens (including phenoxy) is 1. The van der Waals surface area contributed by atoms with Gasteiger partial charge in [-0.2, -0.15) is 0 Å². The highest BCUT2D eigenvalue weighted by atomic mass is 32.1. The SMILES string of the molecule is COc1cccc(/C(O)=C2/C(=O)C(=O)N(c3cc(C)ccc3O)C2c2cccs2)c1. The molecule has 7 heteroatoms. The summed E-state index contributed by atoms with van der Waals surface area (Å²) in [6, 6.07) is 14.2. The summed E-state index contributed by atoms with van der Waals surface area (Å²) in [5.74, 6) is -1.52. The van der Waals surface area contributed by atoms with E-state index in [-0.39, 0.29) is 22.8 Å². The van der Waals surface area contributed by atoms with Crippen molar-refractivity contribution in [2.45, 2.75) is 13.0 Å². The van der Waals surface area contributed by atoms with Gasteiger partial charge in [-0.05, 0) is 48.2 Å². The van der Waals surface area contributed by atoms with Crippen molar-refractivity contribution in [1.29, 1.82) is 0 Å². The summed E-state index contributed by atoms with van der Waals surface area (Å²) in [6.07, 6.45) is 0. The topological polar surface area (TPSA) is 87.1 Å². The van der Waals surface area contributed by atoms with Crippen molar-refractivity contribution < 1.29 is 24.5 Å². The number of aliphatic hydroxyl groups is 1. The molecule has 0 aliphatic carbocycles. The minimum absolute atomic E-state index is 0.0309. The lowest BCUT2D eigenvalue weighted by Crippen LogP contribution is -2.29. The molecule has 1 aliphatic rings. The van der Waals surface area contributed by atoms with Crippen molar-refractivity contribution in [3.05, 3.63) is 81.6 Å². The summed E-state index contributed by atoms with van der Waals surface area (Å²) in [5, 5.41) is 23.3. The fraction of sp³-hybridized carbons (Fsp3) is 0.130. The maximum Gasteiger partial charge on any atom is 0.300 e. The third kappa shape index (κ3) is 3.23. The van der Waals surface area contributed by atoms with Gasteiger partial charge >= 0.3 is 0 Å². The van der Waals surface area contributed by atoms with E-state index in [2.05, 4.69) is 0 Å². The Labute approximate surface area is 177 Å². The van der Waals surface area contributed by atoms with Crippen molar-refractivity contribution in [3.8, 4) is 11.5 Å². The van der Waals surface area contributed by atoms with Gasteiger partial charge in [0.25, 0.3) is 11.7 Å². The fourth-order valence-corrected chi connectivity index (χ4v) is 4.37. The predicted molar refractivity (Wildman–Crippen MR) is 115 cm³/mol. The van der Waals surface area contributed by atoms with Gasteiger partial charge in [0.2, 0.25) is 0 Å². The Kier molecular flexibility index (Phi) is 5.05. The first-order chi connectivity index (χ1) is 14.4. The number of hydrogen-bond acceptors (Lipinski definition) is 6. The number of carbonyl (C=O) groups is 2. The van der Waals surface area contributed by atoms with Crippen LogP contribution in [0, 0.1) is 6.92 Å². The number of phenolic OH excluding ortho intramolecular Hbond substituents is 1. The number of methoxy groups -OCH3 is 1. The number of hydrogen-bond donors (Lipinski definition) is 2. The molecule has 1 amide bonds. The number of aliphatic hydroxyl groups excluding tert-OH is 1. The standard InChI is InChI=1S/C23H19NO5S/c1-13-8-9-17(25)16(11-13)24-20(18-7-4-10-30-18)19(22(27)23(24)28)21(26)14-5-3-6-15(12-14)29-2/h3-12,20,25-26H,1-2H3/b21-19-. The number of thiophene rings is 1. The van der Waals surface area contributed by atoms with Crippen molar-refractivity contribution in [3.63, 3.8) is 0 Å². The zero-order valence-electron chi connectivity index (χ0n) is 16.3. The molecule has 3 aromatic rings. The summed E-state index contributed by atoms with van der Waals surface area (Å²) >= 11 is 1.36. The molecule has 0 radical (unpaired) electrons. The van der Waals surface area contributed by atoms with E-state index in [0.29, 0.717) is 16.2 Å². The van der Waals surface area contributed by atoms with Gasteiger partial charge in [0, 0.05) is 10.4 Å². The van der Waals surface area contributed by atoms with Crippen molar-refractivity contribution >= 4 is 34.5 Å². The number of Topliss-reactive ketones (excluding diaryl/α,β-unsaturated/α-hetero) is 1. The van der Waals surface area contributed by atoms with Gasteiger partial charge in [-0.1, -0.05) is 24.3 Å². The molecule has 1 fully saturated rings. The van der Waals surface area contributed by atoms with Crippen LogP contribution in [0.2, 0.25) is 0 Å². The van der Waals surface area contributed by atoms with Gasteiger partial charge in [-0.15, -0.1) is 11.3 Å². The van der Waals surface area contributed by atoms with E-state index in [1.54, 1.807) is 42.5 Å². The molecule has 2 heterocycles. The van der Waals surface area contributed by atoms with Gasteiger partial charge in [-0.3, -0.25) is 14.5 Å². The molecule has 2 N–H and O–H groups in total. The Morgan fingerprint density at radius 3 is 2.60 bits per heavy atom. The van der Waals surface area contributed by atoms with E-state index in [4.69, 9.17) is 4.74 Å². The number of rotatable bonds is 4. The van der Waals surface area contributed by atoms with Crippen LogP contribution in [0.3, 0.4) is 0 Å². The molecule has 0 bridgehead atoms. The summed E-state index contributed by atoms with van der Waals surface area (Å²) in [6.45, 7) is 1.83. The first-order valence-corrected chi connectivity index (χ1v) is 10.1. The molecule has 1 aliphatic heterocycles. The van der Waals surface area contributed by atoms with Crippen molar-refractivity contribution in [2.24, 2.45) is 0 Å². The highest BCUT2D eigenvalue weighted by molar-refractivity contribution is 7.10. The number of nitrogens with zero attached hydrogens (tertiary/aromatic N) is 1. The average molecular weight is 421 g/mol. The third-order valence-corrected chi connectivity index (χ3v) is 5.92. The molecule has 2 aromatic carbocycles. The summed E-state index contributed by atoms with van der Waals surface area (Å²) in [4.78, 5) is 28.0. The normalized spacial score (nSPS) is 18.1. The zero-order valence-corrected chi connectivity index (χ0v) is 17.1. The molecule has 0 saturated carbocycles. The largest absolute Gasteiger partial charge is 0.507 e. The van der Waals surface area contributed by atoms with Gasteiger partial charge < -0.3 is 14.9 Å². The molecule has 0 spiro atoms. The van der Waals surface area contributed by atoms with E-state index in [1.165, 1.54) is 29.4 Å². The summed E-state index contributed by atoms with van der Waals surface area (Å²) in [5.41, 5.74) is 1.38. The number of anilines is 1.